The summed E-state index contributed by atoms with van der Waals surface area (Å²) < 4.78 is 5.32. The lowest BCUT2D eigenvalue weighted by molar-refractivity contribution is 0.00695. The number of anilines is 1. The van der Waals surface area contributed by atoms with Crippen molar-refractivity contribution in [2.45, 2.75) is 32.9 Å². The molecule has 0 amide bonds. The molecule has 0 heterocycles. The number of para-hydroxylation sites is 1. The van der Waals surface area contributed by atoms with Crippen LogP contribution in [0.3, 0.4) is 0 Å². The Labute approximate surface area is 142 Å². The Kier molecular flexibility index (Phi) is 5.64. The van der Waals surface area contributed by atoms with E-state index < -0.39 is 12.7 Å². The molecule has 5 nitrogen and oxygen atoms in total. The molecular formula is C18H22BNO4. The fraction of sp³-hybridized carbons (Fsp3) is 0.278. The molecule has 0 aromatic heterocycles. The van der Waals surface area contributed by atoms with Gasteiger partial charge in [-0.05, 0) is 44.5 Å². The monoisotopic (exact) mass is 327 g/mol. The number of rotatable bonds is 5. The van der Waals surface area contributed by atoms with E-state index in [9.17, 15) is 14.8 Å². The molecule has 24 heavy (non-hydrogen) atoms. The number of carbonyl (C=O) groups is 1. The number of carbonyl (C=O) groups excluding carboxylic acids is 1. The van der Waals surface area contributed by atoms with Crippen LogP contribution in [0.25, 0.3) is 0 Å². The first kappa shape index (κ1) is 18.0. The fourth-order valence-corrected chi connectivity index (χ4v) is 2.18. The molecule has 6 heteroatoms. The van der Waals surface area contributed by atoms with Crippen LogP contribution in [0, 0.1) is 0 Å². The molecule has 2 aromatic rings. The van der Waals surface area contributed by atoms with Crippen molar-refractivity contribution in [3.8, 4) is 0 Å². The number of hydrogen-bond donors (Lipinski definition) is 3. The highest BCUT2D eigenvalue weighted by Gasteiger charge is 2.18. The summed E-state index contributed by atoms with van der Waals surface area (Å²) in [6.45, 7) is 5.99. The maximum Gasteiger partial charge on any atom is 0.490 e. The average molecular weight is 327 g/mol. The highest BCUT2D eigenvalue weighted by Crippen LogP contribution is 2.14. The summed E-state index contributed by atoms with van der Waals surface area (Å²) in [5, 5.41) is 21.9. The molecule has 0 bridgehead atoms. The van der Waals surface area contributed by atoms with E-state index >= 15 is 0 Å². The van der Waals surface area contributed by atoms with Gasteiger partial charge < -0.3 is 20.1 Å². The third-order valence-corrected chi connectivity index (χ3v) is 3.31. The highest BCUT2D eigenvalue weighted by atomic mass is 16.6. The van der Waals surface area contributed by atoms with Gasteiger partial charge in [0.25, 0.3) is 0 Å². The largest absolute Gasteiger partial charge is 0.490 e. The standard InChI is InChI=1S/C18H22BNO4/c1-18(2,3)24-17(21)14-10-8-13(9-11-14)12-20-16-7-5-4-6-15(16)19(22)23/h4-11,20,22-23H,12H2,1-3H3. The summed E-state index contributed by atoms with van der Waals surface area (Å²) in [6, 6.07) is 14.1. The summed E-state index contributed by atoms with van der Waals surface area (Å²) in [5.41, 5.74) is 2.02. The molecule has 2 rings (SSSR count). The van der Waals surface area contributed by atoms with Crippen LogP contribution in [0.1, 0.15) is 36.7 Å². The molecule has 0 radical (unpaired) electrons. The summed E-state index contributed by atoms with van der Waals surface area (Å²) in [7, 11) is -1.52. The van der Waals surface area contributed by atoms with Gasteiger partial charge in [-0.2, -0.15) is 0 Å². The molecule has 0 spiro atoms. The zero-order valence-electron chi connectivity index (χ0n) is 14.1. The second-order valence-electron chi connectivity index (χ2n) is 6.51. The van der Waals surface area contributed by atoms with Crippen LogP contribution >= 0.6 is 0 Å². The number of nitrogens with one attached hydrogen (secondary N) is 1. The van der Waals surface area contributed by atoms with Gasteiger partial charge in [0.2, 0.25) is 0 Å². The maximum atomic E-state index is 12.0. The van der Waals surface area contributed by atoms with Crippen LogP contribution in [-0.2, 0) is 11.3 Å². The molecule has 126 valence electrons. The second kappa shape index (κ2) is 7.51. The molecule has 0 aliphatic heterocycles. The van der Waals surface area contributed by atoms with Gasteiger partial charge in [-0.25, -0.2) is 4.79 Å². The average Bonchev–Trinajstić information content (AvgIpc) is 2.52. The number of esters is 1. The van der Waals surface area contributed by atoms with Gasteiger partial charge in [0.15, 0.2) is 0 Å². The normalized spacial score (nSPS) is 11.0. The lowest BCUT2D eigenvalue weighted by Crippen LogP contribution is -2.32. The van der Waals surface area contributed by atoms with Crippen molar-refractivity contribution in [1.29, 1.82) is 0 Å². The van der Waals surface area contributed by atoms with E-state index in [0.29, 0.717) is 23.3 Å². The molecule has 0 saturated carbocycles. The molecule has 0 fully saturated rings. The van der Waals surface area contributed by atoms with Gasteiger partial charge in [-0.3, -0.25) is 0 Å². The lowest BCUT2D eigenvalue weighted by Gasteiger charge is -2.19. The van der Waals surface area contributed by atoms with Crippen LogP contribution in [-0.4, -0.2) is 28.7 Å². The maximum absolute atomic E-state index is 12.0. The molecule has 0 saturated heterocycles. The third-order valence-electron chi connectivity index (χ3n) is 3.31. The second-order valence-corrected chi connectivity index (χ2v) is 6.51. The van der Waals surface area contributed by atoms with Crippen molar-refractivity contribution in [3.63, 3.8) is 0 Å². The van der Waals surface area contributed by atoms with Crippen molar-refractivity contribution in [2.24, 2.45) is 0 Å². The van der Waals surface area contributed by atoms with Crippen molar-refractivity contribution >= 4 is 24.2 Å². The van der Waals surface area contributed by atoms with Gasteiger partial charge in [-0.1, -0.05) is 30.3 Å². The molecule has 2 aromatic carbocycles. The summed E-state index contributed by atoms with van der Waals surface area (Å²) in [6.07, 6.45) is 0. The third kappa shape index (κ3) is 5.11. The molecule has 0 aliphatic rings. The van der Waals surface area contributed by atoms with Gasteiger partial charge in [0.1, 0.15) is 5.60 Å². The quantitative estimate of drug-likeness (QED) is 0.578. The topological polar surface area (TPSA) is 78.8 Å². The first-order valence-corrected chi connectivity index (χ1v) is 7.77. The van der Waals surface area contributed by atoms with Crippen LogP contribution < -0.4 is 10.8 Å². The Morgan fingerprint density at radius 2 is 1.71 bits per heavy atom. The minimum atomic E-state index is -1.52. The Morgan fingerprint density at radius 3 is 2.29 bits per heavy atom. The highest BCUT2D eigenvalue weighted by molar-refractivity contribution is 6.60. The van der Waals surface area contributed by atoms with E-state index in [4.69, 9.17) is 4.74 Å². The summed E-state index contributed by atoms with van der Waals surface area (Å²) in [4.78, 5) is 12.0. The number of hydrogen-bond acceptors (Lipinski definition) is 5. The van der Waals surface area contributed by atoms with Crippen molar-refractivity contribution in [3.05, 3.63) is 59.7 Å². The van der Waals surface area contributed by atoms with E-state index in [1.807, 2.05) is 39.0 Å². The van der Waals surface area contributed by atoms with Crippen molar-refractivity contribution in [1.82, 2.24) is 0 Å². The molecule has 0 unspecified atom stereocenters. The van der Waals surface area contributed by atoms with E-state index in [2.05, 4.69) is 5.32 Å². The number of benzene rings is 2. The van der Waals surface area contributed by atoms with Gasteiger partial charge in [-0.15, -0.1) is 0 Å². The van der Waals surface area contributed by atoms with Crippen molar-refractivity contribution in [2.75, 3.05) is 5.32 Å². The van der Waals surface area contributed by atoms with Crippen LogP contribution in [0.4, 0.5) is 5.69 Å². The predicted octanol–water partition coefficient (Wildman–Crippen LogP) is 1.93. The van der Waals surface area contributed by atoms with Crippen molar-refractivity contribution < 1.29 is 19.6 Å². The Hall–Kier alpha value is -2.31. The molecule has 3 N–H and O–H groups in total. The van der Waals surface area contributed by atoms with Crippen LogP contribution in [0.15, 0.2) is 48.5 Å². The Bertz CT molecular complexity index is 693. The predicted molar refractivity (Wildman–Crippen MR) is 95.2 cm³/mol. The lowest BCUT2D eigenvalue weighted by atomic mass is 9.79. The zero-order valence-corrected chi connectivity index (χ0v) is 14.1. The summed E-state index contributed by atoms with van der Waals surface area (Å²) >= 11 is 0. The van der Waals surface area contributed by atoms with Gasteiger partial charge in [0, 0.05) is 17.7 Å². The number of ether oxygens (including phenoxy) is 1. The first-order valence-electron chi connectivity index (χ1n) is 7.77. The fourth-order valence-electron chi connectivity index (χ4n) is 2.18. The van der Waals surface area contributed by atoms with E-state index in [0.717, 1.165) is 5.56 Å². The van der Waals surface area contributed by atoms with Crippen LogP contribution in [0.2, 0.25) is 0 Å². The Balaban J connectivity index is 2.01. The van der Waals surface area contributed by atoms with E-state index in [1.54, 1.807) is 30.3 Å². The molecular weight excluding hydrogens is 305 g/mol. The van der Waals surface area contributed by atoms with Crippen LogP contribution in [0.5, 0.6) is 0 Å². The first-order chi connectivity index (χ1) is 11.3. The summed E-state index contributed by atoms with van der Waals surface area (Å²) in [5.74, 6) is -0.351. The van der Waals surface area contributed by atoms with E-state index in [-0.39, 0.29) is 5.97 Å². The van der Waals surface area contributed by atoms with Gasteiger partial charge in [0.05, 0.1) is 5.56 Å². The Morgan fingerprint density at radius 1 is 1.08 bits per heavy atom. The zero-order chi connectivity index (χ0) is 17.7. The van der Waals surface area contributed by atoms with E-state index in [1.165, 1.54) is 0 Å². The smallest absolute Gasteiger partial charge is 0.456 e. The molecule has 0 atom stereocenters. The molecule has 0 aliphatic carbocycles. The minimum absolute atomic E-state index is 0.351. The SMILES string of the molecule is CC(C)(C)OC(=O)c1ccc(CNc2ccccc2B(O)O)cc1. The minimum Gasteiger partial charge on any atom is -0.456 e. The van der Waals surface area contributed by atoms with Gasteiger partial charge >= 0.3 is 13.1 Å².